The fraction of sp³-hybridized carbons (Fsp3) is 0.667. The van der Waals surface area contributed by atoms with Gasteiger partial charge in [-0.2, -0.15) is 4.98 Å². The molecule has 2 heterocycles. The van der Waals surface area contributed by atoms with E-state index in [0.29, 0.717) is 38.5 Å². The Kier molecular flexibility index (Phi) is 4.59. The van der Waals surface area contributed by atoms with Crippen LogP contribution >= 0.6 is 15.9 Å². The van der Waals surface area contributed by atoms with E-state index in [-0.39, 0.29) is 0 Å². The number of halogens is 1. The molecule has 0 spiro atoms. The van der Waals surface area contributed by atoms with E-state index < -0.39 is 5.60 Å². The topological polar surface area (TPSA) is 70.5 Å². The van der Waals surface area contributed by atoms with Crippen molar-refractivity contribution in [3.05, 3.63) is 10.7 Å². The largest absolute Gasteiger partial charge is 0.388 e. The van der Waals surface area contributed by atoms with Crippen LogP contribution in [0.3, 0.4) is 0 Å². The van der Waals surface area contributed by atoms with Crippen molar-refractivity contribution in [3.63, 3.8) is 0 Å². The van der Waals surface area contributed by atoms with Crippen LogP contribution in [0.1, 0.15) is 12.8 Å². The van der Waals surface area contributed by atoms with E-state index in [1.165, 1.54) is 0 Å². The minimum absolute atomic E-state index is 0.523. The van der Waals surface area contributed by atoms with E-state index >= 15 is 0 Å². The Bertz CT molecular complexity index is 438. The first-order chi connectivity index (χ1) is 9.04. The van der Waals surface area contributed by atoms with Crippen LogP contribution in [0.2, 0.25) is 0 Å². The normalized spacial score (nSPS) is 18.1. The van der Waals surface area contributed by atoms with E-state index in [9.17, 15) is 5.11 Å². The molecule has 0 aromatic carbocycles. The number of aliphatic hydroxyl groups is 1. The van der Waals surface area contributed by atoms with Crippen molar-refractivity contribution in [1.82, 2.24) is 9.97 Å². The molecule has 2 rings (SSSR count). The van der Waals surface area contributed by atoms with Gasteiger partial charge in [-0.3, -0.25) is 0 Å². The molecule has 106 valence electrons. The lowest BCUT2D eigenvalue weighted by Crippen LogP contribution is -2.46. The second kappa shape index (κ2) is 6.02. The third-order valence-corrected chi connectivity index (χ3v) is 3.83. The third-order valence-electron chi connectivity index (χ3n) is 3.27. The van der Waals surface area contributed by atoms with E-state index in [2.05, 4.69) is 31.2 Å². The molecule has 0 atom stereocenters. The molecule has 0 aliphatic carbocycles. The Morgan fingerprint density at radius 3 is 2.84 bits per heavy atom. The summed E-state index contributed by atoms with van der Waals surface area (Å²) in [4.78, 5) is 10.5. The highest BCUT2D eigenvalue weighted by Gasteiger charge is 2.31. The molecule has 1 fully saturated rings. The number of hydrogen-bond donors (Lipinski definition) is 2. The van der Waals surface area contributed by atoms with Crippen molar-refractivity contribution in [3.8, 4) is 0 Å². The summed E-state index contributed by atoms with van der Waals surface area (Å²) in [7, 11) is 3.69. The molecule has 2 N–H and O–H groups in total. The molecule has 0 bridgehead atoms. The van der Waals surface area contributed by atoms with Crippen molar-refractivity contribution < 1.29 is 9.84 Å². The molecule has 6 nitrogen and oxygen atoms in total. The average molecular weight is 331 g/mol. The predicted octanol–water partition coefficient (Wildman–Crippen LogP) is 1.26. The average Bonchev–Trinajstić information content (AvgIpc) is 2.39. The minimum atomic E-state index is -0.711. The fourth-order valence-electron chi connectivity index (χ4n) is 2.17. The number of hydrogen-bond acceptors (Lipinski definition) is 6. The molecule has 7 heteroatoms. The van der Waals surface area contributed by atoms with Gasteiger partial charge >= 0.3 is 0 Å². The summed E-state index contributed by atoms with van der Waals surface area (Å²) < 4.78 is 6.10. The number of ether oxygens (including phenoxy) is 1. The second-order valence-electron chi connectivity index (χ2n) is 4.81. The van der Waals surface area contributed by atoms with Crippen LogP contribution in [-0.2, 0) is 4.74 Å². The maximum atomic E-state index is 10.5. The second-order valence-corrected chi connectivity index (χ2v) is 5.66. The number of aromatic nitrogens is 2. The maximum Gasteiger partial charge on any atom is 0.224 e. The van der Waals surface area contributed by atoms with Gasteiger partial charge in [0.2, 0.25) is 5.95 Å². The van der Waals surface area contributed by atoms with Crippen molar-refractivity contribution in [2.24, 2.45) is 0 Å². The summed E-state index contributed by atoms with van der Waals surface area (Å²) in [6.45, 7) is 1.74. The minimum Gasteiger partial charge on any atom is -0.388 e. The Morgan fingerprint density at radius 1 is 1.53 bits per heavy atom. The smallest absolute Gasteiger partial charge is 0.224 e. The molecule has 0 amide bonds. The lowest BCUT2D eigenvalue weighted by molar-refractivity contribution is -0.0573. The van der Waals surface area contributed by atoms with Gasteiger partial charge in [0, 0.05) is 52.9 Å². The summed E-state index contributed by atoms with van der Waals surface area (Å²) in [5.41, 5.74) is -0.711. The van der Waals surface area contributed by atoms with Gasteiger partial charge in [0.05, 0.1) is 10.1 Å². The third kappa shape index (κ3) is 3.55. The van der Waals surface area contributed by atoms with Crippen molar-refractivity contribution in [2.75, 3.05) is 44.1 Å². The lowest BCUT2D eigenvalue weighted by atomic mass is 9.94. The summed E-state index contributed by atoms with van der Waals surface area (Å²) in [6, 6.07) is 0. The molecule has 1 saturated heterocycles. The zero-order valence-electron chi connectivity index (χ0n) is 11.2. The molecular weight excluding hydrogens is 312 g/mol. The van der Waals surface area contributed by atoms with Crippen LogP contribution < -0.4 is 10.2 Å². The number of nitrogens with one attached hydrogen (secondary N) is 1. The van der Waals surface area contributed by atoms with Crippen LogP contribution in [0.15, 0.2) is 10.7 Å². The van der Waals surface area contributed by atoms with Crippen LogP contribution in [0.25, 0.3) is 0 Å². The van der Waals surface area contributed by atoms with E-state index in [1.54, 1.807) is 13.2 Å². The van der Waals surface area contributed by atoms with Gasteiger partial charge in [-0.15, -0.1) is 0 Å². The van der Waals surface area contributed by atoms with Crippen LogP contribution in [0.4, 0.5) is 11.8 Å². The van der Waals surface area contributed by atoms with E-state index in [4.69, 9.17) is 4.74 Å². The first-order valence-electron chi connectivity index (χ1n) is 6.26. The van der Waals surface area contributed by atoms with Gasteiger partial charge in [0.25, 0.3) is 0 Å². The SMILES string of the molecule is CNc1ncc(Br)c(N(C)CC2(O)CCOCC2)n1. The van der Waals surface area contributed by atoms with Crippen molar-refractivity contribution in [2.45, 2.75) is 18.4 Å². The Hall–Kier alpha value is -0.920. The number of likely N-dealkylation sites (N-methyl/N-ethyl adjacent to an activating group) is 1. The summed E-state index contributed by atoms with van der Waals surface area (Å²) in [5, 5.41) is 13.4. The number of rotatable bonds is 4. The molecule has 1 aliphatic rings. The first-order valence-corrected chi connectivity index (χ1v) is 7.05. The summed E-state index contributed by atoms with van der Waals surface area (Å²) in [5.74, 6) is 1.32. The first kappa shape index (κ1) is 14.5. The number of anilines is 2. The highest BCUT2D eigenvalue weighted by Crippen LogP contribution is 2.27. The Balaban J connectivity index is 2.12. The summed E-state index contributed by atoms with van der Waals surface area (Å²) >= 11 is 3.44. The standard InChI is InChI=1S/C12H19BrN4O2/c1-14-11-15-7-9(13)10(16-11)17(2)8-12(18)3-5-19-6-4-12/h7,18H,3-6,8H2,1-2H3,(H,14,15,16). The molecule has 1 aliphatic heterocycles. The molecule has 1 aromatic rings. The number of nitrogens with zero attached hydrogens (tertiary/aromatic N) is 3. The molecule has 0 radical (unpaired) electrons. The van der Waals surface area contributed by atoms with Gasteiger partial charge in [0.15, 0.2) is 0 Å². The lowest BCUT2D eigenvalue weighted by Gasteiger charge is -2.36. The summed E-state index contributed by atoms with van der Waals surface area (Å²) in [6.07, 6.45) is 3.01. The zero-order chi connectivity index (χ0) is 13.9. The van der Waals surface area contributed by atoms with Crippen LogP contribution in [0.5, 0.6) is 0 Å². The van der Waals surface area contributed by atoms with E-state index in [0.717, 1.165) is 10.3 Å². The molecule has 0 unspecified atom stereocenters. The zero-order valence-corrected chi connectivity index (χ0v) is 12.8. The van der Waals surface area contributed by atoms with Crippen LogP contribution in [-0.4, -0.2) is 54.5 Å². The monoisotopic (exact) mass is 330 g/mol. The van der Waals surface area contributed by atoms with Gasteiger partial charge in [-0.05, 0) is 15.9 Å². The van der Waals surface area contributed by atoms with Crippen molar-refractivity contribution in [1.29, 1.82) is 0 Å². The van der Waals surface area contributed by atoms with Gasteiger partial charge < -0.3 is 20.1 Å². The predicted molar refractivity (Wildman–Crippen MR) is 77.6 cm³/mol. The molecule has 19 heavy (non-hydrogen) atoms. The molecular formula is C12H19BrN4O2. The Morgan fingerprint density at radius 2 is 2.21 bits per heavy atom. The quantitative estimate of drug-likeness (QED) is 0.866. The fourth-order valence-corrected chi connectivity index (χ4v) is 2.67. The van der Waals surface area contributed by atoms with E-state index in [1.807, 2.05) is 11.9 Å². The highest BCUT2D eigenvalue weighted by molar-refractivity contribution is 9.10. The molecule has 1 aromatic heterocycles. The van der Waals surface area contributed by atoms with Gasteiger partial charge in [-0.1, -0.05) is 0 Å². The van der Waals surface area contributed by atoms with Crippen LogP contribution in [0, 0.1) is 0 Å². The maximum absolute atomic E-state index is 10.5. The Labute approximate surface area is 121 Å². The van der Waals surface area contributed by atoms with Crippen molar-refractivity contribution >= 4 is 27.7 Å². The molecule has 0 saturated carbocycles. The highest BCUT2D eigenvalue weighted by atomic mass is 79.9. The van der Waals surface area contributed by atoms with Gasteiger partial charge in [0.1, 0.15) is 5.82 Å². The van der Waals surface area contributed by atoms with Gasteiger partial charge in [-0.25, -0.2) is 4.98 Å².